The molecular formula is C15H12N2O. The summed E-state index contributed by atoms with van der Waals surface area (Å²) < 4.78 is 0. The Kier molecular flexibility index (Phi) is 2.65. The van der Waals surface area contributed by atoms with Gasteiger partial charge in [-0.1, -0.05) is 30.3 Å². The normalized spacial score (nSPS) is 16.2. The molecule has 0 saturated carbocycles. The van der Waals surface area contributed by atoms with Gasteiger partial charge in [-0.15, -0.1) is 0 Å². The molecule has 1 aromatic heterocycles. The fourth-order valence-electron chi connectivity index (χ4n) is 2.06. The molecule has 1 aromatic carbocycles. The summed E-state index contributed by atoms with van der Waals surface area (Å²) >= 11 is 0. The van der Waals surface area contributed by atoms with Crippen LogP contribution < -0.4 is 5.32 Å². The van der Waals surface area contributed by atoms with Crippen molar-refractivity contribution in [2.75, 3.05) is 6.54 Å². The number of rotatable bonds is 1. The zero-order chi connectivity index (χ0) is 12.4. The molecule has 3 heteroatoms. The first-order valence-electron chi connectivity index (χ1n) is 5.83. The van der Waals surface area contributed by atoms with Crippen molar-refractivity contribution in [3.8, 4) is 0 Å². The maximum atomic E-state index is 11.8. The maximum absolute atomic E-state index is 11.8. The highest BCUT2D eigenvalue weighted by Gasteiger charge is 2.19. The third kappa shape index (κ3) is 1.91. The van der Waals surface area contributed by atoms with Crippen molar-refractivity contribution in [1.29, 1.82) is 0 Å². The first-order chi connectivity index (χ1) is 8.84. The highest BCUT2D eigenvalue weighted by molar-refractivity contribution is 6.06. The Morgan fingerprint density at radius 3 is 2.78 bits per heavy atom. The first-order valence-corrected chi connectivity index (χ1v) is 5.83. The summed E-state index contributed by atoms with van der Waals surface area (Å²) in [4.78, 5) is 15.8. The summed E-state index contributed by atoms with van der Waals surface area (Å²) in [6.45, 7) is 0.331. The topological polar surface area (TPSA) is 42.0 Å². The van der Waals surface area contributed by atoms with Crippen LogP contribution in [0.1, 0.15) is 21.5 Å². The number of Topliss-reactive ketones (excluding diaryl/α,β-unsaturated/α-hetero) is 1. The number of carbonyl (C=O) groups excluding carboxylic acids is 1. The molecule has 18 heavy (non-hydrogen) atoms. The van der Waals surface area contributed by atoms with Crippen LogP contribution in [0.15, 0.2) is 48.8 Å². The van der Waals surface area contributed by atoms with E-state index < -0.39 is 0 Å². The lowest BCUT2D eigenvalue weighted by Crippen LogP contribution is -2.28. The van der Waals surface area contributed by atoms with Crippen molar-refractivity contribution >= 4 is 17.6 Å². The van der Waals surface area contributed by atoms with E-state index in [4.69, 9.17) is 0 Å². The molecule has 88 valence electrons. The molecule has 1 aliphatic rings. The number of pyridine rings is 1. The molecule has 0 aliphatic carbocycles. The number of nitrogens with one attached hydrogen (secondary N) is 1. The van der Waals surface area contributed by atoms with Gasteiger partial charge in [-0.25, -0.2) is 0 Å². The van der Waals surface area contributed by atoms with Crippen LogP contribution in [-0.4, -0.2) is 17.3 Å². The van der Waals surface area contributed by atoms with Gasteiger partial charge in [0.05, 0.1) is 6.54 Å². The molecule has 3 nitrogen and oxygen atoms in total. The van der Waals surface area contributed by atoms with E-state index in [0.717, 1.165) is 16.8 Å². The van der Waals surface area contributed by atoms with Crippen molar-refractivity contribution in [2.24, 2.45) is 0 Å². The predicted molar refractivity (Wildman–Crippen MR) is 70.9 cm³/mol. The van der Waals surface area contributed by atoms with Crippen LogP contribution in [0.2, 0.25) is 0 Å². The summed E-state index contributed by atoms with van der Waals surface area (Å²) in [5.74, 6) is 0.0864. The Morgan fingerprint density at radius 2 is 1.94 bits per heavy atom. The predicted octanol–water partition coefficient (Wildman–Crippen LogP) is 2.37. The molecule has 3 rings (SSSR count). The van der Waals surface area contributed by atoms with E-state index in [1.807, 2.05) is 42.5 Å². The van der Waals surface area contributed by atoms with E-state index in [9.17, 15) is 4.79 Å². The van der Waals surface area contributed by atoms with Gasteiger partial charge in [-0.3, -0.25) is 9.78 Å². The smallest absolute Gasteiger partial charge is 0.184 e. The molecule has 0 saturated heterocycles. The minimum atomic E-state index is 0.0864. The SMILES string of the molecule is O=C1CN/C(=C\c2ccccc2)c2ccncc21. The summed E-state index contributed by atoms with van der Waals surface area (Å²) in [7, 11) is 0. The number of aromatic nitrogens is 1. The van der Waals surface area contributed by atoms with Crippen LogP contribution in [0.3, 0.4) is 0 Å². The summed E-state index contributed by atoms with van der Waals surface area (Å²) in [5, 5.41) is 3.16. The van der Waals surface area contributed by atoms with Crippen molar-refractivity contribution in [3.05, 3.63) is 65.5 Å². The van der Waals surface area contributed by atoms with Crippen LogP contribution in [-0.2, 0) is 0 Å². The first kappa shape index (κ1) is 10.7. The van der Waals surface area contributed by atoms with E-state index in [-0.39, 0.29) is 5.78 Å². The number of hydrogen-bond acceptors (Lipinski definition) is 3. The quantitative estimate of drug-likeness (QED) is 0.826. The molecule has 1 aliphatic heterocycles. The number of fused-ring (bicyclic) bond motifs is 1. The Morgan fingerprint density at radius 1 is 1.11 bits per heavy atom. The third-order valence-corrected chi connectivity index (χ3v) is 2.96. The standard InChI is InChI=1S/C15H12N2O/c18-15-10-17-14(8-11-4-2-1-3-5-11)12-6-7-16-9-13(12)15/h1-9,17H,10H2/b14-8-. The fraction of sp³-hybridized carbons (Fsp3) is 0.0667. The van der Waals surface area contributed by atoms with Gasteiger partial charge in [0.25, 0.3) is 0 Å². The lowest BCUT2D eigenvalue weighted by atomic mass is 9.98. The molecular weight excluding hydrogens is 224 g/mol. The molecule has 0 amide bonds. The largest absolute Gasteiger partial charge is 0.377 e. The van der Waals surface area contributed by atoms with Gasteiger partial charge in [0.15, 0.2) is 5.78 Å². The van der Waals surface area contributed by atoms with Crippen LogP contribution in [0, 0.1) is 0 Å². The molecule has 0 spiro atoms. The average molecular weight is 236 g/mol. The van der Waals surface area contributed by atoms with E-state index >= 15 is 0 Å². The molecule has 2 heterocycles. The number of benzene rings is 1. The Bertz CT molecular complexity index is 617. The van der Waals surface area contributed by atoms with Gasteiger partial charge in [0.2, 0.25) is 0 Å². The number of ketones is 1. The number of carbonyl (C=O) groups is 1. The van der Waals surface area contributed by atoms with Crippen LogP contribution >= 0.6 is 0 Å². The minimum Gasteiger partial charge on any atom is -0.377 e. The van der Waals surface area contributed by atoms with Crippen molar-refractivity contribution in [2.45, 2.75) is 0 Å². The average Bonchev–Trinajstić information content (AvgIpc) is 2.44. The van der Waals surface area contributed by atoms with E-state index in [1.54, 1.807) is 12.4 Å². The van der Waals surface area contributed by atoms with E-state index in [1.165, 1.54) is 0 Å². The molecule has 0 radical (unpaired) electrons. The van der Waals surface area contributed by atoms with Crippen molar-refractivity contribution in [1.82, 2.24) is 10.3 Å². The summed E-state index contributed by atoms with van der Waals surface area (Å²) in [6, 6.07) is 11.9. The van der Waals surface area contributed by atoms with Gasteiger partial charge >= 0.3 is 0 Å². The fourth-order valence-corrected chi connectivity index (χ4v) is 2.06. The molecule has 0 fully saturated rings. The van der Waals surface area contributed by atoms with Crippen LogP contribution in [0.25, 0.3) is 11.8 Å². The molecule has 2 aromatic rings. The summed E-state index contributed by atoms with van der Waals surface area (Å²) in [5.41, 5.74) is 3.69. The van der Waals surface area contributed by atoms with Crippen molar-refractivity contribution < 1.29 is 4.79 Å². The maximum Gasteiger partial charge on any atom is 0.184 e. The number of hydrogen-bond donors (Lipinski definition) is 1. The molecule has 0 bridgehead atoms. The number of nitrogens with zero attached hydrogens (tertiary/aromatic N) is 1. The van der Waals surface area contributed by atoms with Gasteiger partial charge in [-0.05, 0) is 17.7 Å². The monoisotopic (exact) mass is 236 g/mol. The van der Waals surface area contributed by atoms with Crippen molar-refractivity contribution in [3.63, 3.8) is 0 Å². The van der Waals surface area contributed by atoms with Gasteiger partial charge in [-0.2, -0.15) is 0 Å². The van der Waals surface area contributed by atoms with Gasteiger partial charge in [0.1, 0.15) is 0 Å². The van der Waals surface area contributed by atoms with Crippen LogP contribution in [0.5, 0.6) is 0 Å². The lowest BCUT2D eigenvalue weighted by Gasteiger charge is -2.19. The second-order valence-corrected chi connectivity index (χ2v) is 4.17. The summed E-state index contributed by atoms with van der Waals surface area (Å²) in [6.07, 6.45) is 5.39. The zero-order valence-corrected chi connectivity index (χ0v) is 9.76. The Labute approximate surface area is 105 Å². The second kappa shape index (κ2) is 4.45. The van der Waals surface area contributed by atoms with E-state index in [0.29, 0.717) is 12.1 Å². The van der Waals surface area contributed by atoms with E-state index in [2.05, 4.69) is 10.3 Å². The van der Waals surface area contributed by atoms with Crippen LogP contribution in [0.4, 0.5) is 0 Å². The highest BCUT2D eigenvalue weighted by Crippen LogP contribution is 2.22. The lowest BCUT2D eigenvalue weighted by molar-refractivity contribution is 0.0991. The Hall–Kier alpha value is -2.42. The molecule has 0 atom stereocenters. The second-order valence-electron chi connectivity index (χ2n) is 4.17. The van der Waals surface area contributed by atoms with Gasteiger partial charge in [0, 0.05) is 29.2 Å². The Balaban J connectivity index is 2.08. The zero-order valence-electron chi connectivity index (χ0n) is 9.76. The van der Waals surface area contributed by atoms with Gasteiger partial charge < -0.3 is 5.32 Å². The minimum absolute atomic E-state index is 0.0864. The molecule has 1 N–H and O–H groups in total. The third-order valence-electron chi connectivity index (χ3n) is 2.96. The highest BCUT2D eigenvalue weighted by atomic mass is 16.1. The molecule has 0 unspecified atom stereocenters.